The fourth-order valence-corrected chi connectivity index (χ4v) is 4.48. The van der Waals surface area contributed by atoms with Crippen molar-refractivity contribution in [1.29, 1.82) is 0 Å². The van der Waals surface area contributed by atoms with Gasteiger partial charge in [-0.25, -0.2) is 8.42 Å². The van der Waals surface area contributed by atoms with Crippen molar-refractivity contribution in [3.05, 3.63) is 29.3 Å². The molecule has 4 nitrogen and oxygen atoms in total. The predicted octanol–water partition coefficient (Wildman–Crippen LogP) is 2.53. The number of benzene rings is 1. The molecule has 0 N–H and O–H groups in total. The summed E-state index contributed by atoms with van der Waals surface area (Å²) in [5, 5.41) is 0. The average Bonchev–Trinajstić information content (AvgIpc) is 3.23. The summed E-state index contributed by atoms with van der Waals surface area (Å²) in [5.41, 5.74) is 1.60. The van der Waals surface area contributed by atoms with Gasteiger partial charge < -0.3 is 4.74 Å². The number of hydrogen-bond acceptors (Lipinski definition) is 3. The van der Waals surface area contributed by atoms with Gasteiger partial charge in [0.2, 0.25) is 10.0 Å². The monoisotopic (exact) mass is 317 g/mol. The molecule has 0 bridgehead atoms. The molecule has 1 aromatic rings. The normalized spacial score (nSPS) is 15.8. The van der Waals surface area contributed by atoms with Crippen molar-refractivity contribution >= 4 is 21.6 Å². The van der Waals surface area contributed by atoms with Crippen LogP contribution in [0.1, 0.15) is 24.0 Å². The SMILES string of the molecule is COCCN(C1CC1)S(=O)(=O)c1cccc(CCl)c1C. The van der Waals surface area contributed by atoms with Crippen LogP contribution in [-0.4, -0.2) is 39.0 Å². The third-order valence-corrected chi connectivity index (χ3v) is 5.98. The molecule has 0 spiro atoms. The number of ether oxygens (including phenoxy) is 1. The highest BCUT2D eigenvalue weighted by Gasteiger charge is 2.38. The van der Waals surface area contributed by atoms with Gasteiger partial charge in [0.15, 0.2) is 0 Å². The van der Waals surface area contributed by atoms with E-state index in [-0.39, 0.29) is 6.04 Å². The molecule has 20 heavy (non-hydrogen) atoms. The number of alkyl halides is 1. The summed E-state index contributed by atoms with van der Waals surface area (Å²) in [6, 6.07) is 5.38. The maximum atomic E-state index is 12.8. The van der Waals surface area contributed by atoms with Gasteiger partial charge in [-0.3, -0.25) is 0 Å². The van der Waals surface area contributed by atoms with Crippen molar-refractivity contribution in [1.82, 2.24) is 4.31 Å². The molecular formula is C14H20ClNO3S. The highest BCUT2D eigenvalue weighted by molar-refractivity contribution is 7.89. The van der Waals surface area contributed by atoms with Crippen LogP contribution in [0.4, 0.5) is 0 Å². The molecule has 2 rings (SSSR count). The Kier molecular flexibility index (Phi) is 5.07. The third kappa shape index (κ3) is 3.17. The Bertz CT molecular complexity index is 570. The van der Waals surface area contributed by atoms with Crippen molar-refractivity contribution < 1.29 is 13.2 Å². The van der Waals surface area contributed by atoms with E-state index in [1.54, 1.807) is 23.5 Å². The lowest BCUT2D eigenvalue weighted by Crippen LogP contribution is -2.36. The second kappa shape index (κ2) is 6.43. The molecule has 0 unspecified atom stereocenters. The van der Waals surface area contributed by atoms with Crippen molar-refractivity contribution in [2.75, 3.05) is 20.3 Å². The van der Waals surface area contributed by atoms with E-state index in [9.17, 15) is 8.42 Å². The van der Waals surface area contributed by atoms with Gasteiger partial charge >= 0.3 is 0 Å². The molecule has 1 saturated carbocycles. The molecule has 1 aliphatic carbocycles. The predicted molar refractivity (Wildman–Crippen MR) is 79.5 cm³/mol. The minimum absolute atomic E-state index is 0.120. The van der Waals surface area contributed by atoms with Crippen LogP contribution >= 0.6 is 11.6 Å². The number of hydrogen-bond donors (Lipinski definition) is 0. The summed E-state index contributed by atoms with van der Waals surface area (Å²) in [5.74, 6) is 0.316. The molecule has 0 atom stereocenters. The lowest BCUT2D eigenvalue weighted by atomic mass is 10.1. The van der Waals surface area contributed by atoms with Gasteiger partial charge in [-0.05, 0) is 37.0 Å². The third-order valence-electron chi connectivity index (χ3n) is 3.60. The van der Waals surface area contributed by atoms with Gasteiger partial charge in [0.1, 0.15) is 0 Å². The van der Waals surface area contributed by atoms with E-state index in [1.165, 1.54) is 0 Å². The molecule has 0 heterocycles. The number of nitrogens with zero attached hydrogens (tertiary/aromatic N) is 1. The number of halogens is 1. The number of methoxy groups -OCH3 is 1. The first-order chi connectivity index (χ1) is 9.52. The minimum atomic E-state index is -3.48. The zero-order valence-electron chi connectivity index (χ0n) is 11.8. The molecule has 1 fully saturated rings. The molecule has 0 aliphatic heterocycles. The molecule has 0 saturated heterocycles. The van der Waals surface area contributed by atoms with Gasteiger partial charge in [-0.15, -0.1) is 11.6 Å². The highest BCUT2D eigenvalue weighted by atomic mass is 35.5. The van der Waals surface area contributed by atoms with E-state index in [0.717, 1.165) is 24.0 Å². The van der Waals surface area contributed by atoms with E-state index in [4.69, 9.17) is 16.3 Å². The Morgan fingerprint density at radius 2 is 2.10 bits per heavy atom. The number of sulfonamides is 1. The summed E-state index contributed by atoms with van der Waals surface area (Å²) in [6.07, 6.45) is 1.86. The Morgan fingerprint density at radius 1 is 1.40 bits per heavy atom. The summed E-state index contributed by atoms with van der Waals surface area (Å²) in [4.78, 5) is 0.360. The first kappa shape index (κ1) is 15.8. The van der Waals surface area contributed by atoms with Gasteiger partial charge in [-0.2, -0.15) is 4.31 Å². The average molecular weight is 318 g/mol. The van der Waals surface area contributed by atoms with Gasteiger partial charge in [0.05, 0.1) is 11.5 Å². The van der Waals surface area contributed by atoms with Crippen LogP contribution in [0.25, 0.3) is 0 Å². The lowest BCUT2D eigenvalue weighted by molar-refractivity contribution is 0.177. The Balaban J connectivity index is 2.37. The van der Waals surface area contributed by atoms with Gasteiger partial charge in [0, 0.05) is 25.6 Å². The Morgan fingerprint density at radius 3 is 2.65 bits per heavy atom. The first-order valence-corrected chi connectivity index (χ1v) is 8.65. The number of rotatable bonds is 7. The topological polar surface area (TPSA) is 46.6 Å². The molecule has 1 aromatic carbocycles. The van der Waals surface area contributed by atoms with Gasteiger partial charge in [0.25, 0.3) is 0 Å². The van der Waals surface area contributed by atoms with Crippen LogP contribution < -0.4 is 0 Å². The summed E-state index contributed by atoms with van der Waals surface area (Å²) in [6.45, 7) is 2.62. The van der Waals surface area contributed by atoms with E-state index in [0.29, 0.717) is 23.9 Å². The Labute approximate surface area is 125 Å². The van der Waals surface area contributed by atoms with Crippen LogP contribution in [-0.2, 0) is 20.6 Å². The maximum Gasteiger partial charge on any atom is 0.243 e. The van der Waals surface area contributed by atoms with Crippen molar-refractivity contribution in [3.63, 3.8) is 0 Å². The second-order valence-electron chi connectivity index (χ2n) is 5.01. The van der Waals surface area contributed by atoms with Crippen LogP contribution in [0.3, 0.4) is 0 Å². The van der Waals surface area contributed by atoms with Crippen LogP contribution in [0.15, 0.2) is 23.1 Å². The van der Waals surface area contributed by atoms with Crippen LogP contribution in [0.5, 0.6) is 0 Å². The van der Waals surface area contributed by atoms with Crippen molar-refractivity contribution in [3.8, 4) is 0 Å². The molecule has 6 heteroatoms. The Hall–Kier alpha value is -0.620. The minimum Gasteiger partial charge on any atom is -0.383 e. The smallest absolute Gasteiger partial charge is 0.243 e. The largest absolute Gasteiger partial charge is 0.383 e. The van der Waals surface area contributed by atoms with Crippen LogP contribution in [0, 0.1) is 6.92 Å². The van der Waals surface area contributed by atoms with E-state index < -0.39 is 10.0 Å². The quantitative estimate of drug-likeness (QED) is 0.726. The summed E-state index contributed by atoms with van der Waals surface area (Å²) in [7, 11) is -1.90. The van der Waals surface area contributed by atoms with Crippen molar-refractivity contribution in [2.45, 2.75) is 36.6 Å². The first-order valence-electron chi connectivity index (χ1n) is 6.67. The maximum absolute atomic E-state index is 12.8. The van der Waals surface area contributed by atoms with E-state index >= 15 is 0 Å². The van der Waals surface area contributed by atoms with Crippen molar-refractivity contribution in [2.24, 2.45) is 0 Å². The highest BCUT2D eigenvalue weighted by Crippen LogP contribution is 2.33. The summed E-state index contributed by atoms with van der Waals surface area (Å²) >= 11 is 5.86. The summed E-state index contributed by atoms with van der Waals surface area (Å²) < 4.78 is 32.3. The molecular weight excluding hydrogens is 298 g/mol. The lowest BCUT2D eigenvalue weighted by Gasteiger charge is -2.23. The molecule has 112 valence electrons. The van der Waals surface area contributed by atoms with E-state index in [2.05, 4.69) is 0 Å². The molecule has 0 aromatic heterocycles. The molecule has 0 radical (unpaired) electrons. The fourth-order valence-electron chi connectivity index (χ4n) is 2.25. The zero-order chi connectivity index (χ0) is 14.8. The fraction of sp³-hybridized carbons (Fsp3) is 0.571. The standard InChI is InChI=1S/C14H20ClNO3S/c1-11-12(10-15)4-3-5-14(11)20(17,18)16(8-9-19-2)13-6-7-13/h3-5,13H,6-10H2,1-2H3. The second-order valence-corrected chi connectivity index (χ2v) is 7.14. The van der Waals surface area contributed by atoms with E-state index in [1.807, 2.05) is 13.0 Å². The zero-order valence-corrected chi connectivity index (χ0v) is 13.4. The molecule has 0 amide bonds. The van der Waals surface area contributed by atoms with Gasteiger partial charge in [-0.1, -0.05) is 12.1 Å². The molecule has 1 aliphatic rings. The van der Waals surface area contributed by atoms with Crippen LogP contribution in [0.2, 0.25) is 0 Å².